The molecule has 0 aliphatic heterocycles. The van der Waals surface area contributed by atoms with E-state index in [4.69, 9.17) is 4.74 Å². The number of carbonyl (C=O) groups excluding carboxylic acids is 1. The molecule has 0 saturated carbocycles. The van der Waals surface area contributed by atoms with Crippen molar-refractivity contribution in [1.82, 2.24) is 9.55 Å². The molecule has 1 heterocycles. The van der Waals surface area contributed by atoms with Crippen LogP contribution >= 0.6 is 15.9 Å². The monoisotopic (exact) mass is 294 g/mol. The number of hydrogen-bond donors (Lipinski definition) is 0. The third kappa shape index (κ3) is 2.79. The molecule has 0 unspecified atom stereocenters. The molecule has 0 aliphatic rings. The Morgan fingerprint density at radius 2 is 2.24 bits per heavy atom. The molecule has 0 N–H and O–H groups in total. The third-order valence-electron chi connectivity index (χ3n) is 1.92. The van der Waals surface area contributed by atoms with Gasteiger partial charge in [-0.25, -0.2) is 9.36 Å². The number of halogens is 1. The van der Waals surface area contributed by atoms with Gasteiger partial charge in [0.2, 0.25) is 0 Å². The second-order valence-corrected chi connectivity index (χ2v) is 4.03. The van der Waals surface area contributed by atoms with E-state index in [1.807, 2.05) is 0 Å². The van der Waals surface area contributed by atoms with E-state index in [-0.39, 0.29) is 0 Å². The maximum Gasteiger partial charge on any atom is 0.426 e. The van der Waals surface area contributed by atoms with Crippen molar-refractivity contribution >= 4 is 22.0 Å². The fraction of sp³-hybridized carbons (Fsp3) is 0. The van der Waals surface area contributed by atoms with Crippen molar-refractivity contribution in [2.45, 2.75) is 0 Å². The molecule has 0 bridgehead atoms. The minimum atomic E-state index is -0.768. The smallest absolute Gasteiger partial charge is 0.410 e. The predicted octanol–water partition coefficient (Wildman–Crippen LogP) is 2.05. The van der Waals surface area contributed by atoms with Crippen LogP contribution in [0.25, 0.3) is 0 Å². The van der Waals surface area contributed by atoms with Gasteiger partial charge in [-0.1, -0.05) is 22.0 Å². The van der Waals surface area contributed by atoms with Gasteiger partial charge in [0.05, 0.1) is 6.20 Å². The molecule has 5 nitrogen and oxygen atoms in total. The van der Waals surface area contributed by atoms with Crippen LogP contribution in [0, 0.1) is 0 Å². The summed E-state index contributed by atoms with van der Waals surface area (Å²) in [6, 6.07) is 6.77. The van der Waals surface area contributed by atoms with Crippen molar-refractivity contribution in [2.75, 3.05) is 0 Å². The summed E-state index contributed by atoms with van der Waals surface area (Å²) in [5.74, 6) is 0.355. The van der Waals surface area contributed by atoms with Gasteiger partial charge >= 0.3 is 6.09 Å². The summed E-state index contributed by atoms with van der Waals surface area (Å²) in [6.45, 7) is 0. The first-order chi connectivity index (χ1) is 8.16. The van der Waals surface area contributed by atoms with Crippen molar-refractivity contribution in [1.29, 1.82) is 0 Å². The molecule has 2 rings (SSSR count). The Kier molecular flexibility index (Phi) is 3.34. The third-order valence-corrected chi connectivity index (χ3v) is 2.42. The van der Waals surface area contributed by atoms with Gasteiger partial charge in [0, 0.05) is 16.9 Å². The first-order valence-corrected chi connectivity index (χ1v) is 5.46. The molecule has 0 amide bonds. The zero-order chi connectivity index (χ0) is 12.3. The minimum absolute atomic E-state index is 0.355. The molecule has 1 aromatic carbocycles. The molecule has 2 aromatic rings. The van der Waals surface area contributed by atoms with Crippen LogP contribution in [0.2, 0.25) is 0 Å². The van der Waals surface area contributed by atoms with Crippen molar-refractivity contribution in [3.63, 3.8) is 0 Å². The maximum atomic E-state index is 11.6. The van der Waals surface area contributed by atoms with E-state index in [1.165, 1.54) is 12.4 Å². The summed E-state index contributed by atoms with van der Waals surface area (Å²) in [7, 11) is 0. The highest BCUT2D eigenvalue weighted by atomic mass is 79.9. The van der Waals surface area contributed by atoms with Crippen molar-refractivity contribution in [2.24, 2.45) is 0 Å². The average molecular weight is 295 g/mol. The van der Waals surface area contributed by atoms with E-state index in [9.17, 15) is 9.59 Å². The topological polar surface area (TPSA) is 61.2 Å². The first kappa shape index (κ1) is 11.5. The van der Waals surface area contributed by atoms with Gasteiger partial charge in [-0.2, -0.15) is 0 Å². The Morgan fingerprint density at radius 1 is 1.41 bits per heavy atom. The Balaban J connectivity index is 2.23. The number of carbonyl (C=O) groups is 1. The molecule has 1 aromatic heterocycles. The van der Waals surface area contributed by atoms with Crippen molar-refractivity contribution in [3.8, 4) is 5.75 Å². The summed E-state index contributed by atoms with van der Waals surface area (Å²) in [6.07, 6.45) is 2.87. The molecule has 0 atom stereocenters. The second-order valence-electron chi connectivity index (χ2n) is 3.11. The predicted molar refractivity (Wildman–Crippen MR) is 64.1 cm³/mol. The zero-order valence-corrected chi connectivity index (χ0v) is 10.1. The van der Waals surface area contributed by atoms with Gasteiger partial charge < -0.3 is 4.74 Å². The summed E-state index contributed by atoms with van der Waals surface area (Å²) in [4.78, 5) is 26.6. The molecule has 0 spiro atoms. The molecule has 0 radical (unpaired) electrons. The lowest BCUT2D eigenvalue weighted by molar-refractivity contribution is 0.201. The number of aromatic nitrogens is 2. The highest BCUT2D eigenvalue weighted by Crippen LogP contribution is 2.17. The lowest BCUT2D eigenvalue weighted by atomic mass is 10.3. The Morgan fingerprint density at radius 3 is 2.94 bits per heavy atom. The van der Waals surface area contributed by atoms with Gasteiger partial charge in [-0.05, 0) is 18.2 Å². The van der Waals surface area contributed by atoms with Crippen LogP contribution < -0.4 is 10.3 Å². The van der Waals surface area contributed by atoms with Crippen LogP contribution in [0.3, 0.4) is 0 Å². The largest absolute Gasteiger partial charge is 0.426 e. The van der Waals surface area contributed by atoms with E-state index in [0.717, 1.165) is 15.2 Å². The van der Waals surface area contributed by atoms with E-state index in [2.05, 4.69) is 20.9 Å². The summed E-state index contributed by atoms with van der Waals surface area (Å²) < 4.78 is 6.65. The standard InChI is InChI=1S/C11H7BrN2O3/c12-8-2-1-3-9(6-8)17-11(16)14-5-4-13-7-10(14)15/h1-7H. The van der Waals surface area contributed by atoms with E-state index >= 15 is 0 Å². The Labute approximate surface area is 105 Å². The quantitative estimate of drug-likeness (QED) is 0.808. The molecular weight excluding hydrogens is 288 g/mol. The first-order valence-electron chi connectivity index (χ1n) is 4.67. The highest BCUT2D eigenvalue weighted by Gasteiger charge is 2.08. The van der Waals surface area contributed by atoms with E-state index < -0.39 is 11.7 Å². The molecular formula is C11H7BrN2O3. The molecule has 86 valence electrons. The molecule has 0 saturated heterocycles. The van der Waals surface area contributed by atoms with E-state index in [0.29, 0.717) is 5.75 Å². The van der Waals surface area contributed by atoms with Crippen molar-refractivity contribution in [3.05, 3.63) is 57.7 Å². The minimum Gasteiger partial charge on any atom is -0.410 e. The number of rotatable bonds is 1. The van der Waals surface area contributed by atoms with Gasteiger partial charge in [-0.15, -0.1) is 0 Å². The number of nitrogens with zero attached hydrogens (tertiary/aromatic N) is 2. The average Bonchev–Trinajstić information content (AvgIpc) is 2.29. The second kappa shape index (κ2) is 4.92. The van der Waals surface area contributed by atoms with Crippen LogP contribution in [0.5, 0.6) is 5.75 Å². The molecule has 6 heteroatoms. The SMILES string of the molecule is O=C(Oc1cccc(Br)c1)n1ccncc1=O. The van der Waals surface area contributed by atoms with Crippen LogP contribution in [0.1, 0.15) is 0 Å². The number of hydrogen-bond acceptors (Lipinski definition) is 4. The fourth-order valence-electron chi connectivity index (χ4n) is 1.18. The molecule has 0 fully saturated rings. The van der Waals surface area contributed by atoms with Gasteiger partial charge in [-0.3, -0.25) is 9.78 Å². The van der Waals surface area contributed by atoms with E-state index in [1.54, 1.807) is 24.3 Å². The fourth-order valence-corrected chi connectivity index (χ4v) is 1.56. The number of benzene rings is 1. The summed E-state index contributed by atoms with van der Waals surface area (Å²) in [5.41, 5.74) is -0.535. The zero-order valence-electron chi connectivity index (χ0n) is 8.54. The van der Waals surface area contributed by atoms with Crippen LogP contribution in [0.4, 0.5) is 4.79 Å². The lowest BCUT2D eigenvalue weighted by Crippen LogP contribution is -2.28. The highest BCUT2D eigenvalue weighted by molar-refractivity contribution is 9.10. The maximum absolute atomic E-state index is 11.6. The summed E-state index contributed by atoms with van der Waals surface area (Å²) in [5, 5.41) is 0. The molecule has 17 heavy (non-hydrogen) atoms. The normalized spacial score (nSPS) is 9.94. The molecule has 0 aliphatic carbocycles. The lowest BCUT2D eigenvalue weighted by Gasteiger charge is -2.05. The Hall–Kier alpha value is -1.95. The van der Waals surface area contributed by atoms with Gasteiger partial charge in [0.15, 0.2) is 0 Å². The summed E-state index contributed by atoms with van der Waals surface area (Å²) >= 11 is 3.25. The Bertz CT molecular complexity index is 609. The van der Waals surface area contributed by atoms with Crippen LogP contribution in [-0.2, 0) is 0 Å². The van der Waals surface area contributed by atoms with Gasteiger partial charge in [0.1, 0.15) is 5.75 Å². The van der Waals surface area contributed by atoms with Crippen LogP contribution in [0.15, 0.2) is 52.1 Å². The van der Waals surface area contributed by atoms with Crippen LogP contribution in [-0.4, -0.2) is 15.6 Å². The van der Waals surface area contributed by atoms with Gasteiger partial charge in [0.25, 0.3) is 5.56 Å². The van der Waals surface area contributed by atoms with Crippen molar-refractivity contribution < 1.29 is 9.53 Å². The number of ether oxygens (including phenoxy) is 1.